The topological polar surface area (TPSA) is 139 Å². The molecule has 8 aliphatic rings. The summed E-state index contributed by atoms with van der Waals surface area (Å²) in [6.45, 7) is 28.6. The van der Waals surface area contributed by atoms with Gasteiger partial charge in [-0.3, -0.25) is 19.2 Å². The van der Waals surface area contributed by atoms with Crippen LogP contribution in [0.15, 0.2) is 23.3 Å². The molecule has 77 heavy (non-hydrogen) atoms. The van der Waals surface area contributed by atoms with E-state index >= 15 is 0 Å². The average Bonchev–Trinajstić information content (AvgIpc) is 4.00. The molecule has 8 aliphatic carbocycles. The summed E-state index contributed by atoms with van der Waals surface area (Å²) in [5.74, 6) is 10.6. The number of rotatable bonds is 20. The van der Waals surface area contributed by atoms with Crippen LogP contribution in [0.5, 0.6) is 0 Å². The Kier molecular flexibility index (Phi) is 23.7. The quantitative estimate of drug-likeness (QED) is 0.0477. The molecule has 8 nitrogen and oxygen atoms in total. The number of allylic oxidation sites excluding steroid dienone is 2. The molecule has 2 amide bonds. The van der Waals surface area contributed by atoms with Crippen LogP contribution < -0.4 is 11.5 Å². The van der Waals surface area contributed by atoms with E-state index in [1.165, 1.54) is 121 Å². The molecule has 4 N–H and O–H groups in total. The number of ether oxygens (including phenoxy) is 2. The van der Waals surface area contributed by atoms with Gasteiger partial charge in [0.05, 0.1) is 5.75 Å². The third-order valence-corrected chi connectivity index (χ3v) is 25.2. The van der Waals surface area contributed by atoms with Crippen LogP contribution in [0.3, 0.4) is 0 Å². The standard InChI is InChI=1S/C33H55NO3S.C29H47BrO2.C4H9NOS/c1-21(2)8-7-9-22(3)27-12-13-28-26-11-10-24-18-25(37-30(35)20-38-19-23(4)31(34)36)14-16-32(24,5)29(26)15-17-33(27,28)6;1-19(2)7-6-8-20(3)24-11-12-25-23-10-9-21-17-22(32-27(31)18-30)13-15-28(21,4)26(23)14-16-29(24,25)5;1-3(2-7)4(5)6/h10,21-23,25-29H,7-9,11-20H2,1-6H3,(H2,34,36);9,19-20,22-26H,6-8,10-18H2,1-5H3;3,7H,2H2,1H3,(H2,5,6)/t22-,23?,25+,26+,27-,28+,29+,32+,33-;20-,22+,23+,24-,25+,26+,28+,29-;/m11./s1. The number of thioether (sulfide) groups is 1. The molecule has 0 bridgehead atoms. The number of carbonyl (C=O) groups excluding carboxylic acids is 4. The van der Waals surface area contributed by atoms with E-state index in [1.54, 1.807) is 25.0 Å². The first kappa shape index (κ1) is 64.7. The van der Waals surface area contributed by atoms with Crippen molar-refractivity contribution in [3.63, 3.8) is 0 Å². The van der Waals surface area contributed by atoms with Crippen molar-refractivity contribution in [2.75, 3.05) is 22.6 Å². The van der Waals surface area contributed by atoms with Gasteiger partial charge < -0.3 is 20.9 Å². The Morgan fingerprint density at radius 3 is 1.40 bits per heavy atom. The normalized spacial score (nSPS) is 37.4. The molecular weight excluding hydrogens is 1060 g/mol. The summed E-state index contributed by atoms with van der Waals surface area (Å²) in [6.07, 6.45) is 33.8. The fraction of sp³-hybridized carbons (Fsp3) is 0.879. The largest absolute Gasteiger partial charge is 0.461 e. The number of halogens is 1. The first-order valence-corrected chi connectivity index (χ1v) is 34.3. The van der Waals surface area contributed by atoms with Crippen molar-refractivity contribution in [3.8, 4) is 0 Å². The zero-order valence-electron chi connectivity index (χ0n) is 50.6. The van der Waals surface area contributed by atoms with Gasteiger partial charge in [-0.1, -0.05) is 161 Å². The Morgan fingerprint density at radius 1 is 0.597 bits per heavy atom. The first-order chi connectivity index (χ1) is 36.3. The molecule has 2 unspecified atom stereocenters. The van der Waals surface area contributed by atoms with Crippen molar-refractivity contribution in [2.45, 2.75) is 237 Å². The van der Waals surface area contributed by atoms with Gasteiger partial charge in [0.25, 0.3) is 0 Å². The highest BCUT2D eigenvalue weighted by Crippen LogP contribution is 2.69. The van der Waals surface area contributed by atoms with Crippen LogP contribution in [0.2, 0.25) is 0 Å². The van der Waals surface area contributed by atoms with Crippen LogP contribution in [0.1, 0.15) is 224 Å². The van der Waals surface area contributed by atoms with E-state index in [0.717, 1.165) is 103 Å². The minimum Gasteiger partial charge on any atom is -0.461 e. The third kappa shape index (κ3) is 15.2. The molecule has 8 rings (SSSR count). The van der Waals surface area contributed by atoms with Gasteiger partial charge in [-0.15, -0.1) is 11.8 Å². The van der Waals surface area contributed by atoms with E-state index in [1.807, 2.05) is 0 Å². The van der Waals surface area contributed by atoms with E-state index in [-0.39, 0.29) is 53.2 Å². The van der Waals surface area contributed by atoms with Gasteiger partial charge in [0.2, 0.25) is 11.8 Å². The lowest BCUT2D eigenvalue weighted by Gasteiger charge is -2.58. The Balaban J connectivity index is 0.000000224. The number of thiol groups is 1. The van der Waals surface area contributed by atoms with Gasteiger partial charge in [0.15, 0.2) is 0 Å². The molecule has 18 atom stereocenters. The molecule has 6 saturated carbocycles. The van der Waals surface area contributed by atoms with Gasteiger partial charge in [0.1, 0.15) is 17.5 Å². The SMILES string of the molecule is CC(C)CCC[C@@H](C)[C@H]1CC[C@H]2[C@@H]3CC=C4C[C@@H](OC(=O)CBr)CC[C@]4(C)[C@H]3CC[C@]12C.CC(C)CCC[C@@H](C)[C@H]1CC[C@H]2[C@@H]3CC=C4C[C@@H](OC(=O)CSCC(C)C(N)=O)CC[C@]4(C)[C@H]3CC[C@]12C.CC(CS)C(N)=O. The molecule has 0 aliphatic heterocycles. The maximum absolute atomic E-state index is 12.5. The second-order valence-electron chi connectivity index (χ2n) is 28.7. The molecule has 0 spiro atoms. The lowest BCUT2D eigenvalue weighted by molar-refractivity contribution is -0.149. The second-order valence-corrected chi connectivity index (χ2v) is 30.7. The van der Waals surface area contributed by atoms with Crippen molar-refractivity contribution in [1.29, 1.82) is 0 Å². The number of fused-ring (bicyclic) bond motifs is 10. The number of amides is 2. The number of hydrogen-bond acceptors (Lipinski definition) is 8. The summed E-state index contributed by atoms with van der Waals surface area (Å²) in [6, 6.07) is 0. The van der Waals surface area contributed by atoms with E-state index in [4.69, 9.17) is 20.9 Å². The lowest BCUT2D eigenvalue weighted by Crippen LogP contribution is -2.51. The highest BCUT2D eigenvalue weighted by atomic mass is 79.9. The molecule has 0 aromatic heterocycles. The highest BCUT2D eigenvalue weighted by Gasteiger charge is 2.61. The Hall–Kier alpha value is -1.46. The fourth-order valence-corrected chi connectivity index (χ4v) is 19.6. The van der Waals surface area contributed by atoms with Crippen molar-refractivity contribution >= 4 is 64.1 Å². The number of alkyl halides is 1. The van der Waals surface area contributed by atoms with Crippen molar-refractivity contribution in [1.82, 2.24) is 0 Å². The first-order valence-electron chi connectivity index (χ1n) is 31.4. The van der Waals surface area contributed by atoms with Gasteiger partial charge in [-0.25, -0.2) is 0 Å². The van der Waals surface area contributed by atoms with Crippen LogP contribution in [-0.4, -0.2) is 58.5 Å². The predicted molar refractivity (Wildman–Crippen MR) is 328 cm³/mol. The van der Waals surface area contributed by atoms with Crippen LogP contribution in [0.4, 0.5) is 0 Å². The molecule has 0 heterocycles. The van der Waals surface area contributed by atoms with Crippen LogP contribution in [0.25, 0.3) is 0 Å². The minimum absolute atomic E-state index is 0.00365. The Bertz CT molecular complexity index is 2050. The summed E-state index contributed by atoms with van der Waals surface area (Å²) >= 11 is 8.55. The van der Waals surface area contributed by atoms with Gasteiger partial charge in [-0.05, 0) is 183 Å². The maximum atomic E-state index is 12.5. The van der Waals surface area contributed by atoms with E-state index < -0.39 is 0 Å². The van der Waals surface area contributed by atoms with Crippen LogP contribution in [0, 0.1) is 105 Å². The number of primary amides is 2. The Labute approximate surface area is 488 Å². The molecule has 11 heteroatoms. The van der Waals surface area contributed by atoms with Gasteiger partial charge >= 0.3 is 11.9 Å². The minimum atomic E-state index is -0.313. The van der Waals surface area contributed by atoms with Gasteiger partial charge in [0, 0.05) is 36.2 Å². The van der Waals surface area contributed by atoms with Gasteiger partial charge in [-0.2, -0.15) is 12.6 Å². The lowest BCUT2D eigenvalue weighted by atomic mass is 9.47. The van der Waals surface area contributed by atoms with E-state index in [0.29, 0.717) is 38.8 Å². The Morgan fingerprint density at radius 2 is 1.03 bits per heavy atom. The summed E-state index contributed by atoms with van der Waals surface area (Å²) < 4.78 is 11.6. The average molecular weight is 1170 g/mol. The van der Waals surface area contributed by atoms with Crippen molar-refractivity contribution in [2.24, 2.45) is 116 Å². The molecule has 0 aromatic rings. The van der Waals surface area contributed by atoms with E-state index in [9.17, 15) is 19.2 Å². The summed E-state index contributed by atoms with van der Waals surface area (Å²) in [4.78, 5) is 45.6. The second kappa shape index (κ2) is 28.2. The van der Waals surface area contributed by atoms with Crippen LogP contribution >= 0.6 is 40.3 Å². The summed E-state index contributed by atoms with van der Waals surface area (Å²) in [7, 11) is 0. The number of esters is 2. The monoisotopic (exact) mass is 1170 g/mol. The predicted octanol–water partition coefficient (Wildman–Crippen LogP) is 16.2. The number of hydrogen-bond donors (Lipinski definition) is 3. The van der Waals surface area contributed by atoms with Crippen molar-refractivity contribution < 1.29 is 28.7 Å². The zero-order chi connectivity index (χ0) is 56.6. The highest BCUT2D eigenvalue weighted by molar-refractivity contribution is 9.09. The third-order valence-electron chi connectivity index (χ3n) is 23.1. The van der Waals surface area contributed by atoms with Crippen molar-refractivity contribution in [3.05, 3.63) is 23.3 Å². The smallest absolute Gasteiger partial charge is 0.316 e. The molecular formula is C66H111BrN2O6S2. The molecule has 6 fully saturated rings. The molecule has 0 radical (unpaired) electrons. The fourth-order valence-electron chi connectivity index (χ4n) is 18.4. The number of carbonyl (C=O) groups is 4. The molecule has 440 valence electrons. The summed E-state index contributed by atoms with van der Waals surface area (Å²) in [5, 5.41) is 0.307. The van der Waals surface area contributed by atoms with E-state index in [2.05, 4.69) is 110 Å². The summed E-state index contributed by atoms with van der Waals surface area (Å²) in [5.41, 5.74) is 15.1. The number of nitrogens with two attached hydrogens (primary N) is 2. The maximum Gasteiger partial charge on any atom is 0.316 e. The van der Waals surface area contributed by atoms with Crippen LogP contribution in [-0.2, 0) is 28.7 Å². The zero-order valence-corrected chi connectivity index (χ0v) is 53.9. The molecule has 0 aromatic carbocycles. The molecule has 0 saturated heterocycles.